The quantitative estimate of drug-likeness (QED) is 0.303. The van der Waals surface area contributed by atoms with Crippen LogP contribution in [0.15, 0.2) is 24.3 Å². The molecule has 4 rings (SSSR count). The molecule has 1 fully saturated rings. The summed E-state index contributed by atoms with van der Waals surface area (Å²) >= 11 is 0. The lowest BCUT2D eigenvalue weighted by molar-refractivity contribution is -0.232. The first-order valence-electron chi connectivity index (χ1n) is 10.1. The highest BCUT2D eigenvalue weighted by Crippen LogP contribution is 2.49. The van der Waals surface area contributed by atoms with E-state index in [1.165, 1.54) is 31.4 Å². The van der Waals surface area contributed by atoms with Gasteiger partial charge in [-0.15, -0.1) is 0 Å². The molecule has 0 aliphatic carbocycles. The van der Waals surface area contributed by atoms with Gasteiger partial charge in [0.2, 0.25) is 0 Å². The first-order valence-corrected chi connectivity index (χ1v) is 10.1. The average Bonchev–Trinajstić information content (AvgIpc) is 2.79. The number of aliphatic hydroxyl groups is 4. The van der Waals surface area contributed by atoms with Gasteiger partial charge in [-0.1, -0.05) is 6.07 Å². The van der Waals surface area contributed by atoms with Crippen LogP contribution in [0, 0.1) is 0 Å². The van der Waals surface area contributed by atoms with Gasteiger partial charge in [0.1, 0.15) is 59.4 Å². The number of carbonyl (C=O) groups excluding carboxylic acids is 1. The molecule has 178 valence electrons. The second-order valence-electron chi connectivity index (χ2n) is 7.95. The van der Waals surface area contributed by atoms with E-state index in [1.54, 1.807) is 0 Å². The lowest BCUT2D eigenvalue weighted by Gasteiger charge is -2.41. The van der Waals surface area contributed by atoms with Crippen LogP contribution in [0.3, 0.4) is 0 Å². The number of aliphatic hydroxyl groups excluding tert-OH is 4. The molecule has 0 unspecified atom stereocenters. The van der Waals surface area contributed by atoms with Crippen molar-refractivity contribution in [3.8, 4) is 28.7 Å². The fourth-order valence-corrected chi connectivity index (χ4v) is 4.18. The zero-order valence-electron chi connectivity index (χ0n) is 17.5. The number of hydrogen-bond donors (Lipinski definition) is 7. The fraction of sp³-hybridized carbons (Fsp3) is 0.409. The molecule has 0 amide bonds. The normalized spacial score (nSPS) is 29.3. The van der Waals surface area contributed by atoms with Gasteiger partial charge >= 0.3 is 0 Å². The Kier molecular flexibility index (Phi) is 6.08. The minimum Gasteiger partial charge on any atom is -0.507 e. The Bertz CT molecular complexity index is 1070. The maximum absolute atomic E-state index is 13.0. The van der Waals surface area contributed by atoms with Crippen molar-refractivity contribution in [3.05, 3.63) is 41.0 Å². The molecular formula is C22H24O11. The number of benzene rings is 2. The molecule has 7 N–H and O–H groups in total. The van der Waals surface area contributed by atoms with E-state index in [0.29, 0.717) is 5.56 Å². The number of aromatic hydroxyl groups is 3. The lowest BCUT2D eigenvalue weighted by Crippen LogP contribution is -2.55. The van der Waals surface area contributed by atoms with Crippen LogP contribution in [0.2, 0.25) is 0 Å². The minimum absolute atomic E-state index is 0.0218. The van der Waals surface area contributed by atoms with Crippen molar-refractivity contribution >= 4 is 5.78 Å². The van der Waals surface area contributed by atoms with Crippen molar-refractivity contribution in [3.63, 3.8) is 0 Å². The van der Waals surface area contributed by atoms with Crippen LogP contribution in [-0.2, 0) is 4.74 Å². The molecule has 1 saturated heterocycles. The molecule has 2 aliphatic rings. The molecular weight excluding hydrogens is 440 g/mol. The molecule has 2 aromatic rings. The average molecular weight is 464 g/mol. The van der Waals surface area contributed by atoms with Crippen molar-refractivity contribution in [1.82, 2.24) is 0 Å². The number of phenolic OH excluding ortho intramolecular Hbond substituents is 3. The standard InChI is InChI=1S/C22H24O11/c1-31-13-6-14-16(11(26)5-12(32-14)8-2-3-9(24)10(25)4-8)19(28)17(13)22-21(30)20(29)18(27)15(7-23)33-22/h2-4,6,12,15,18,20-25,27-30H,5,7H2,1H3/t12-,15-,18+,20-,21-,22+/m1/s1. The lowest BCUT2D eigenvalue weighted by atomic mass is 9.87. The number of ether oxygens (including phenoxy) is 3. The molecule has 6 atom stereocenters. The van der Waals surface area contributed by atoms with Crippen molar-refractivity contribution in [2.45, 2.75) is 43.0 Å². The van der Waals surface area contributed by atoms with E-state index in [1.807, 2.05) is 0 Å². The molecule has 0 aromatic heterocycles. The molecule has 2 aromatic carbocycles. The van der Waals surface area contributed by atoms with Gasteiger partial charge in [0, 0.05) is 6.07 Å². The Balaban J connectivity index is 1.76. The summed E-state index contributed by atoms with van der Waals surface area (Å²) in [6.07, 6.45) is -8.68. The van der Waals surface area contributed by atoms with Gasteiger partial charge in [0.05, 0.1) is 25.7 Å². The third-order valence-electron chi connectivity index (χ3n) is 5.95. The topological polar surface area (TPSA) is 186 Å². The summed E-state index contributed by atoms with van der Waals surface area (Å²) in [6, 6.07) is 5.32. The first kappa shape index (κ1) is 23.1. The third-order valence-corrected chi connectivity index (χ3v) is 5.95. The number of fused-ring (bicyclic) bond motifs is 1. The van der Waals surface area contributed by atoms with E-state index in [9.17, 15) is 40.5 Å². The van der Waals surface area contributed by atoms with Crippen LogP contribution in [0.1, 0.15) is 40.1 Å². The number of Topliss-reactive ketones (excluding diaryl/α,β-unsaturated/α-hetero) is 1. The second kappa shape index (κ2) is 8.69. The van der Waals surface area contributed by atoms with Crippen LogP contribution in [0.4, 0.5) is 0 Å². The Hall–Kier alpha value is -3.09. The van der Waals surface area contributed by atoms with Crippen LogP contribution < -0.4 is 9.47 Å². The van der Waals surface area contributed by atoms with Crippen LogP contribution in [-0.4, -0.2) is 79.7 Å². The SMILES string of the molecule is COc1cc2c(c(O)c1[C@@H]1O[C@H](CO)[C@H](O)[C@@H](O)[C@H]1O)C(=O)C[C@H](c1ccc(O)c(O)c1)O2. The van der Waals surface area contributed by atoms with E-state index in [4.69, 9.17) is 14.2 Å². The Labute approximate surface area is 187 Å². The van der Waals surface area contributed by atoms with Gasteiger partial charge in [0.15, 0.2) is 17.3 Å². The summed E-state index contributed by atoms with van der Waals surface area (Å²) < 4.78 is 16.7. The number of rotatable bonds is 4. The minimum atomic E-state index is -1.70. The van der Waals surface area contributed by atoms with Crippen molar-refractivity contribution in [2.75, 3.05) is 13.7 Å². The zero-order valence-corrected chi connectivity index (χ0v) is 17.5. The maximum atomic E-state index is 13.0. The summed E-state index contributed by atoms with van der Waals surface area (Å²) in [5, 5.41) is 70.4. The molecule has 0 spiro atoms. The summed E-state index contributed by atoms with van der Waals surface area (Å²) in [4.78, 5) is 13.0. The summed E-state index contributed by atoms with van der Waals surface area (Å²) in [6.45, 7) is -0.668. The highest BCUT2D eigenvalue weighted by molar-refractivity contribution is 6.03. The first-order chi connectivity index (χ1) is 15.7. The van der Waals surface area contributed by atoms with Crippen LogP contribution in [0.5, 0.6) is 28.7 Å². The maximum Gasteiger partial charge on any atom is 0.174 e. The van der Waals surface area contributed by atoms with Gasteiger partial charge in [-0.25, -0.2) is 0 Å². The van der Waals surface area contributed by atoms with Crippen molar-refractivity contribution in [1.29, 1.82) is 0 Å². The van der Waals surface area contributed by atoms with E-state index in [-0.39, 0.29) is 40.5 Å². The third kappa shape index (κ3) is 3.83. The van der Waals surface area contributed by atoms with Gasteiger partial charge in [-0.05, 0) is 17.7 Å². The van der Waals surface area contributed by atoms with Gasteiger partial charge in [-0.2, -0.15) is 0 Å². The van der Waals surface area contributed by atoms with Gasteiger partial charge in [0.25, 0.3) is 0 Å². The van der Waals surface area contributed by atoms with E-state index in [0.717, 1.165) is 0 Å². The summed E-state index contributed by atoms with van der Waals surface area (Å²) in [7, 11) is 1.27. The number of hydrogen-bond acceptors (Lipinski definition) is 11. The monoisotopic (exact) mass is 464 g/mol. The molecule has 11 heteroatoms. The predicted molar refractivity (Wildman–Crippen MR) is 109 cm³/mol. The van der Waals surface area contributed by atoms with E-state index in [2.05, 4.69) is 0 Å². The van der Waals surface area contributed by atoms with Gasteiger partial charge < -0.3 is 50.0 Å². The zero-order chi connectivity index (χ0) is 24.0. The molecule has 0 bridgehead atoms. The van der Waals surface area contributed by atoms with E-state index < -0.39 is 54.8 Å². The number of carbonyl (C=O) groups is 1. The summed E-state index contributed by atoms with van der Waals surface area (Å²) in [5.41, 5.74) is 0.0774. The Morgan fingerprint density at radius 3 is 2.39 bits per heavy atom. The summed E-state index contributed by atoms with van der Waals surface area (Å²) in [5.74, 6) is -1.87. The molecule has 0 saturated carbocycles. The van der Waals surface area contributed by atoms with Crippen molar-refractivity contribution < 1.29 is 54.8 Å². The number of phenols is 3. The molecule has 2 aliphatic heterocycles. The molecule has 11 nitrogen and oxygen atoms in total. The molecule has 2 heterocycles. The van der Waals surface area contributed by atoms with Crippen LogP contribution >= 0.6 is 0 Å². The van der Waals surface area contributed by atoms with E-state index >= 15 is 0 Å². The molecule has 0 radical (unpaired) electrons. The number of ketones is 1. The van der Waals surface area contributed by atoms with Gasteiger partial charge in [-0.3, -0.25) is 4.79 Å². The molecule has 33 heavy (non-hydrogen) atoms. The highest BCUT2D eigenvalue weighted by Gasteiger charge is 2.47. The largest absolute Gasteiger partial charge is 0.507 e. The Morgan fingerprint density at radius 1 is 1.03 bits per heavy atom. The predicted octanol–water partition coefficient (Wildman–Crippen LogP) is 0.0334. The second-order valence-corrected chi connectivity index (χ2v) is 7.95. The fourth-order valence-electron chi connectivity index (χ4n) is 4.18. The smallest absolute Gasteiger partial charge is 0.174 e. The number of methoxy groups -OCH3 is 1. The van der Waals surface area contributed by atoms with Crippen LogP contribution in [0.25, 0.3) is 0 Å². The highest BCUT2D eigenvalue weighted by atomic mass is 16.5. The van der Waals surface area contributed by atoms with Crippen molar-refractivity contribution in [2.24, 2.45) is 0 Å². The Morgan fingerprint density at radius 2 is 1.76 bits per heavy atom.